The van der Waals surface area contributed by atoms with Crippen LogP contribution in [0.5, 0.6) is 0 Å². The number of carbonyl (C=O) groups is 2. The largest absolute Gasteiger partial charge is 0.458 e. The van der Waals surface area contributed by atoms with Gasteiger partial charge in [-0.25, -0.2) is 14.0 Å². The van der Waals surface area contributed by atoms with Crippen molar-refractivity contribution in [2.75, 3.05) is 13.2 Å². The first-order chi connectivity index (χ1) is 18.5. The average Bonchev–Trinajstić information content (AvgIpc) is 2.89. The van der Waals surface area contributed by atoms with Gasteiger partial charge in [0.1, 0.15) is 18.9 Å². The number of esters is 2. The molecule has 2 aromatic rings. The molecule has 0 atom stereocenters. The van der Waals surface area contributed by atoms with E-state index in [0.717, 1.165) is 31.3 Å². The molecule has 0 unspecified atom stereocenters. The maximum Gasteiger partial charge on any atom is 0.338 e. The number of alkyl halides is 1. The fourth-order valence-corrected chi connectivity index (χ4v) is 3.41. The summed E-state index contributed by atoms with van der Waals surface area (Å²) in [5.74, 6) is -0.589. The third-order valence-electron chi connectivity index (χ3n) is 5.75. The quantitative estimate of drug-likeness (QED) is 0.189. The summed E-state index contributed by atoms with van der Waals surface area (Å²) < 4.78 is 23.6. The Morgan fingerprint density at radius 2 is 1.15 bits per heavy atom. The summed E-state index contributed by atoms with van der Waals surface area (Å²) in [6.45, 7) is 12.0. The summed E-state index contributed by atoms with van der Waals surface area (Å²) in [6.07, 6.45) is 10.3. The van der Waals surface area contributed by atoms with Crippen molar-refractivity contribution < 1.29 is 23.5 Å². The maximum absolute atomic E-state index is 13.3. The van der Waals surface area contributed by atoms with Gasteiger partial charge in [-0.2, -0.15) is 0 Å². The van der Waals surface area contributed by atoms with Gasteiger partial charge in [-0.05, 0) is 110 Å². The van der Waals surface area contributed by atoms with Gasteiger partial charge in [0, 0.05) is 0 Å². The Morgan fingerprint density at radius 3 is 1.56 bits per heavy atom. The van der Waals surface area contributed by atoms with Crippen molar-refractivity contribution in [3.05, 3.63) is 107 Å². The van der Waals surface area contributed by atoms with E-state index in [1.807, 2.05) is 43.3 Å². The smallest absolute Gasteiger partial charge is 0.338 e. The lowest BCUT2D eigenvalue weighted by atomic mass is 10.0. The van der Waals surface area contributed by atoms with Crippen LogP contribution in [0.25, 0.3) is 0 Å². The zero-order chi connectivity index (χ0) is 29.1. The second-order valence-electron chi connectivity index (χ2n) is 10.4. The van der Waals surface area contributed by atoms with E-state index in [2.05, 4.69) is 26.8 Å². The van der Waals surface area contributed by atoms with Crippen LogP contribution < -0.4 is 0 Å². The zero-order valence-electron chi connectivity index (χ0n) is 24.5. The Morgan fingerprint density at radius 1 is 0.718 bits per heavy atom. The van der Waals surface area contributed by atoms with Crippen molar-refractivity contribution in [2.24, 2.45) is 0 Å². The molecule has 0 heterocycles. The lowest BCUT2D eigenvalue weighted by Crippen LogP contribution is -2.10. The molecular formula is C34H45FO4. The van der Waals surface area contributed by atoms with Crippen molar-refractivity contribution in [1.82, 2.24) is 0 Å². The first-order valence-electron chi connectivity index (χ1n) is 13.6. The minimum absolute atomic E-state index is 0.262. The van der Waals surface area contributed by atoms with Crippen LogP contribution in [0.3, 0.4) is 0 Å². The molecule has 0 fully saturated rings. The molecule has 0 saturated carbocycles. The number of hydrogen-bond acceptors (Lipinski definition) is 4. The van der Waals surface area contributed by atoms with Crippen LogP contribution in [-0.2, 0) is 9.47 Å². The van der Waals surface area contributed by atoms with Gasteiger partial charge < -0.3 is 9.47 Å². The fourth-order valence-electron chi connectivity index (χ4n) is 3.41. The highest BCUT2D eigenvalue weighted by Crippen LogP contribution is 2.19. The van der Waals surface area contributed by atoms with Gasteiger partial charge in [-0.1, -0.05) is 59.2 Å². The van der Waals surface area contributed by atoms with Crippen LogP contribution in [-0.4, -0.2) is 30.8 Å². The summed E-state index contributed by atoms with van der Waals surface area (Å²) in [6, 6.07) is 18.0. The molecule has 0 saturated heterocycles. The monoisotopic (exact) mass is 536 g/mol. The Labute approximate surface area is 234 Å². The molecule has 4 nitrogen and oxygen atoms in total. The van der Waals surface area contributed by atoms with Gasteiger partial charge in [-0.3, -0.25) is 0 Å². The van der Waals surface area contributed by atoms with Gasteiger partial charge in [0.05, 0.1) is 11.1 Å². The molecule has 5 heteroatoms. The lowest BCUT2D eigenvalue weighted by Gasteiger charge is -2.13. The van der Waals surface area contributed by atoms with Crippen LogP contribution in [0.4, 0.5) is 4.39 Å². The van der Waals surface area contributed by atoms with E-state index < -0.39 is 5.67 Å². The lowest BCUT2D eigenvalue weighted by molar-refractivity contribution is 0.0539. The third-order valence-corrected chi connectivity index (χ3v) is 5.75. The van der Waals surface area contributed by atoms with Crippen molar-refractivity contribution >= 4 is 11.9 Å². The molecule has 212 valence electrons. The van der Waals surface area contributed by atoms with Crippen LogP contribution in [0, 0.1) is 0 Å². The normalized spacial score (nSPS) is 11.7. The van der Waals surface area contributed by atoms with Crippen molar-refractivity contribution in [2.45, 2.75) is 79.3 Å². The van der Waals surface area contributed by atoms with E-state index in [1.165, 1.54) is 11.1 Å². The van der Waals surface area contributed by atoms with Gasteiger partial charge >= 0.3 is 11.9 Å². The van der Waals surface area contributed by atoms with Crippen molar-refractivity contribution in [1.29, 1.82) is 0 Å². The van der Waals surface area contributed by atoms with E-state index >= 15 is 0 Å². The SMILES string of the molecule is C/C(=C\COC(=O)c1ccccc1)CCCC(C)(C)F.CC(C)=CCC/C(C)=C/COC(=O)c1ccccc1. The molecule has 2 aromatic carbocycles. The average molecular weight is 537 g/mol. The van der Waals surface area contributed by atoms with E-state index in [9.17, 15) is 14.0 Å². The minimum atomic E-state index is -1.11. The summed E-state index contributed by atoms with van der Waals surface area (Å²) in [7, 11) is 0. The number of benzene rings is 2. The predicted octanol–water partition coefficient (Wildman–Crippen LogP) is 9.24. The van der Waals surface area contributed by atoms with Crippen LogP contribution in [0.1, 0.15) is 94.4 Å². The maximum atomic E-state index is 13.3. The number of allylic oxidation sites excluding steroid dienone is 4. The fraction of sp³-hybridized carbons (Fsp3) is 0.412. The van der Waals surface area contributed by atoms with Crippen LogP contribution in [0.15, 0.2) is 95.6 Å². The first kappa shape index (κ1) is 33.6. The van der Waals surface area contributed by atoms with Gasteiger partial charge in [0.2, 0.25) is 0 Å². The number of carbonyl (C=O) groups excluding carboxylic acids is 2. The Balaban J connectivity index is 0.000000391. The third kappa shape index (κ3) is 17.6. The molecule has 0 amide bonds. The second kappa shape index (κ2) is 18.7. The molecule has 0 N–H and O–H groups in total. The molecule has 2 rings (SSSR count). The Bertz CT molecular complexity index is 1070. The standard InChI is InChI=1S/C17H23FO2.C17H22O2/c1-14(8-7-12-17(2,3)18)11-13-20-16(19)15-9-5-4-6-10-15;1-14(2)8-7-9-15(3)12-13-19-17(18)16-10-5-4-6-11-16/h4-6,9-11H,7-8,12-13H2,1-3H3;4-6,8,10-12H,7,9,13H2,1-3H3/b14-11+;15-12+. The zero-order valence-corrected chi connectivity index (χ0v) is 24.5. The molecule has 39 heavy (non-hydrogen) atoms. The summed E-state index contributed by atoms with van der Waals surface area (Å²) >= 11 is 0. The van der Waals surface area contributed by atoms with Gasteiger partial charge in [0.25, 0.3) is 0 Å². The molecular weight excluding hydrogens is 491 g/mol. The summed E-state index contributed by atoms with van der Waals surface area (Å²) in [4.78, 5) is 23.3. The number of hydrogen-bond donors (Lipinski definition) is 0. The van der Waals surface area contributed by atoms with Crippen LogP contribution >= 0.6 is 0 Å². The van der Waals surface area contributed by atoms with E-state index in [1.54, 1.807) is 50.2 Å². The number of ether oxygens (including phenoxy) is 2. The van der Waals surface area contributed by atoms with Gasteiger partial charge in [-0.15, -0.1) is 0 Å². The van der Waals surface area contributed by atoms with Crippen LogP contribution in [0.2, 0.25) is 0 Å². The van der Waals surface area contributed by atoms with E-state index in [4.69, 9.17) is 9.47 Å². The first-order valence-corrected chi connectivity index (χ1v) is 13.6. The molecule has 0 aromatic heterocycles. The molecule has 0 aliphatic heterocycles. The molecule has 0 bridgehead atoms. The second-order valence-corrected chi connectivity index (χ2v) is 10.4. The van der Waals surface area contributed by atoms with Gasteiger partial charge in [0.15, 0.2) is 0 Å². The van der Waals surface area contributed by atoms with Crippen molar-refractivity contribution in [3.8, 4) is 0 Å². The molecule has 0 radical (unpaired) electrons. The molecule has 0 aliphatic rings. The molecule has 0 aliphatic carbocycles. The van der Waals surface area contributed by atoms with E-state index in [0.29, 0.717) is 24.2 Å². The van der Waals surface area contributed by atoms with Crippen molar-refractivity contribution in [3.63, 3.8) is 0 Å². The minimum Gasteiger partial charge on any atom is -0.458 e. The number of rotatable bonds is 13. The highest BCUT2D eigenvalue weighted by molar-refractivity contribution is 5.89. The Hall–Kier alpha value is -3.47. The summed E-state index contributed by atoms with van der Waals surface area (Å²) in [5, 5.41) is 0. The highest BCUT2D eigenvalue weighted by atomic mass is 19.1. The topological polar surface area (TPSA) is 52.6 Å². The predicted molar refractivity (Wildman–Crippen MR) is 159 cm³/mol. The van der Waals surface area contributed by atoms with E-state index in [-0.39, 0.29) is 18.5 Å². The number of halogens is 1. The highest BCUT2D eigenvalue weighted by Gasteiger charge is 2.14. The molecule has 0 spiro atoms. The summed E-state index contributed by atoms with van der Waals surface area (Å²) in [5.41, 5.74) is 3.74. The Kier molecular flexibility index (Phi) is 16.1.